The molecule has 4 rings (SSSR count). The van der Waals surface area contributed by atoms with Crippen molar-refractivity contribution >= 4 is 36.4 Å². The fourth-order valence-corrected chi connectivity index (χ4v) is 3.92. The summed E-state index contributed by atoms with van der Waals surface area (Å²) >= 11 is 0. The van der Waals surface area contributed by atoms with E-state index in [9.17, 15) is 4.79 Å². The van der Waals surface area contributed by atoms with Crippen molar-refractivity contribution in [3.8, 4) is 0 Å². The maximum Gasteiger partial charge on any atom is 0.251 e. The summed E-state index contributed by atoms with van der Waals surface area (Å²) < 4.78 is 0. The Hall–Kier alpha value is -1.75. The molecule has 1 atom stereocenters. The summed E-state index contributed by atoms with van der Waals surface area (Å²) in [5.74, 6) is 0.0230. The number of halogens is 2. The molecule has 27 heavy (non-hydrogen) atoms. The zero-order chi connectivity index (χ0) is 17.1. The van der Waals surface area contributed by atoms with Crippen LogP contribution in [0.5, 0.6) is 0 Å². The molecule has 1 fully saturated rings. The number of nitrogens with one attached hydrogen (secondary N) is 2. The smallest absolute Gasteiger partial charge is 0.251 e. The molecule has 2 aliphatic heterocycles. The molecule has 2 aromatic carbocycles. The van der Waals surface area contributed by atoms with Crippen LogP contribution in [0.1, 0.15) is 40.4 Å². The minimum atomic E-state index is 0. The fraction of sp³-hybridized carbons (Fsp3) is 0.381. The summed E-state index contributed by atoms with van der Waals surface area (Å²) in [6.45, 7) is 3.84. The van der Waals surface area contributed by atoms with Crippen LogP contribution in [-0.4, -0.2) is 37.0 Å². The molecule has 2 aromatic rings. The lowest BCUT2D eigenvalue weighted by Gasteiger charge is -2.28. The van der Waals surface area contributed by atoms with Crippen molar-refractivity contribution in [1.82, 2.24) is 10.2 Å². The highest BCUT2D eigenvalue weighted by molar-refractivity contribution is 5.95. The third-order valence-corrected chi connectivity index (χ3v) is 5.30. The quantitative estimate of drug-likeness (QED) is 0.784. The van der Waals surface area contributed by atoms with Gasteiger partial charge in [-0.3, -0.25) is 9.69 Å². The van der Waals surface area contributed by atoms with Gasteiger partial charge in [0.25, 0.3) is 5.91 Å². The fourth-order valence-electron chi connectivity index (χ4n) is 3.92. The summed E-state index contributed by atoms with van der Waals surface area (Å²) in [5, 5.41) is 6.50. The monoisotopic (exact) mass is 407 g/mol. The third kappa shape index (κ3) is 4.95. The average Bonchev–Trinajstić information content (AvgIpc) is 3.34. The van der Waals surface area contributed by atoms with Crippen molar-refractivity contribution in [1.29, 1.82) is 0 Å². The number of anilines is 1. The summed E-state index contributed by atoms with van der Waals surface area (Å²) in [7, 11) is 0. The summed E-state index contributed by atoms with van der Waals surface area (Å²) in [6.07, 6.45) is 3.49. The first-order chi connectivity index (χ1) is 12.3. The number of hydrogen-bond donors (Lipinski definition) is 2. The Bertz CT molecular complexity index is 748. The lowest BCUT2D eigenvalue weighted by Crippen LogP contribution is -2.36. The molecule has 1 unspecified atom stereocenters. The molecule has 0 radical (unpaired) electrons. The van der Waals surface area contributed by atoms with Gasteiger partial charge in [0.05, 0.1) is 6.04 Å². The van der Waals surface area contributed by atoms with Crippen molar-refractivity contribution in [3.63, 3.8) is 0 Å². The molecule has 2 aliphatic rings. The number of likely N-dealkylation sites (tertiary alicyclic amines) is 1. The lowest BCUT2D eigenvalue weighted by atomic mass is 10.0. The van der Waals surface area contributed by atoms with Crippen molar-refractivity contribution in [2.75, 3.05) is 31.5 Å². The Balaban J connectivity index is 0.00000131. The Labute approximate surface area is 173 Å². The van der Waals surface area contributed by atoms with Crippen LogP contribution in [0.4, 0.5) is 5.69 Å². The van der Waals surface area contributed by atoms with E-state index in [2.05, 4.69) is 39.8 Å². The van der Waals surface area contributed by atoms with Gasteiger partial charge in [-0.05, 0) is 61.7 Å². The second kappa shape index (κ2) is 9.98. The van der Waals surface area contributed by atoms with Crippen LogP contribution >= 0.6 is 24.8 Å². The zero-order valence-electron chi connectivity index (χ0n) is 15.3. The summed E-state index contributed by atoms with van der Waals surface area (Å²) in [6, 6.07) is 16.7. The molecule has 146 valence electrons. The highest BCUT2D eigenvalue weighted by atomic mass is 35.5. The minimum Gasteiger partial charge on any atom is -0.384 e. The third-order valence-electron chi connectivity index (χ3n) is 5.30. The number of benzene rings is 2. The van der Waals surface area contributed by atoms with Crippen molar-refractivity contribution in [2.45, 2.75) is 25.3 Å². The molecule has 0 saturated carbocycles. The van der Waals surface area contributed by atoms with Crippen LogP contribution in [0.15, 0.2) is 48.5 Å². The van der Waals surface area contributed by atoms with Gasteiger partial charge in [-0.1, -0.05) is 30.3 Å². The first kappa shape index (κ1) is 21.5. The van der Waals surface area contributed by atoms with Gasteiger partial charge in [-0.25, -0.2) is 0 Å². The standard InChI is InChI=1S/C21H25N3O.2ClH/c25-21(18-8-9-19-17(14-18)10-11-22-19)23-15-20(24-12-4-5-13-24)16-6-2-1-3-7-16;;/h1-3,6-9,14,20,22H,4-5,10-13,15H2,(H,23,25);2*1H. The van der Waals surface area contributed by atoms with E-state index in [1.54, 1.807) is 0 Å². The number of rotatable bonds is 5. The van der Waals surface area contributed by atoms with Gasteiger partial charge < -0.3 is 10.6 Å². The second-order valence-corrected chi connectivity index (χ2v) is 6.93. The molecule has 4 nitrogen and oxygen atoms in total. The molecule has 0 aliphatic carbocycles. The summed E-state index contributed by atoms with van der Waals surface area (Å²) in [4.78, 5) is 15.1. The highest BCUT2D eigenvalue weighted by Gasteiger charge is 2.24. The van der Waals surface area contributed by atoms with Crippen LogP contribution in [0.2, 0.25) is 0 Å². The first-order valence-corrected chi connectivity index (χ1v) is 9.25. The molecule has 1 amide bonds. The second-order valence-electron chi connectivity index (χ2n) is 6.93. The van der Waals surface area contributed by atoms with Crippen molar-refractivity contribution < 1.29 is 4.79 Å². The van der Waals surface area contributed by atoms with Gasteiger partial charge >= 0.3 is 0 Å². The number of amides is 1. The maximum atomic E-state index is 12.6. The van der Waals surface area contributed by atoms with Gasteiger partial charge in [0.2, 0.25) is 0 Å². The van der Waals surface area contributed by atoms with E-state index >= 15 is 0 Å². The molecule has 2 N–H and O–H groups in total. The van der Waals surface area contributed by atoms with Crippen molar-refractivity contribution in [2.24, 2.45) is 0 Å². The molecule has 0 aromatic heterocycles. The lowest BCUT2D eigenvalue weighted by molar-refractivity contribution is 0.0938. The number of carbonyl (C=O) groups excluding carboxylic acids is 1. The van der Waals surface area contributed by atoms with Crippen LogP contribution in [0.25, 0.3) is 0 Å². The van der Waals surface area contributed by atoms with Gasteiger partial charge in [0.1, 0.15) is 0 Å². The molecule has 2 heterocycles. The molecule has 6 heteroatoms. The molecule has 0 spiro atoms. The average molecular weight is 408 g/mol. The van der Waals surface area contributed by atoms with Crippen LogP contribution in [0.3, 0.4) is 0 Å². The zero-order valence-corrected chi connectivity index (χ0v) is 17.0. The van der Waals surface area contributed by atoms with E-state index in [0.29, 0.717) is 6.54 Å². The molecular weight excluding hydrogens is 381 g/mol. The van der Waals surface area contributed by atoms with E-state index in [4.69, 9.17) is 0 Å². The van der Waals surface area contributed by atoms with Gasteiger partial charge in [0.15, 0.2) is 0 Å². The predicted molar refractivity (Wildman–Crippen MR) is 115 cm³/mol. The van der Waals surface area contributed by atoms with Gasteiger partial charge in [-0.2, -0.15) is 0 Å². The van der Waals surface area contributed by atoms with E-state index in [-0.39, 0.29) is 36.8 Å². The number of carbonyl (C=O) groups is 1. The molecule has 1 saturated heterocycles. The van der Waals surface area contributed by atoms with Crippen LogP contribution in [-0.2, 0) is 6.42 Å². The summed E-state index contributed by atoms with van der Waals surface area (Å²) in [5.41, 5.74) is 4.45. The Kier molecular flexibility index (Phi) is 7.96. The molecular formula is C21H27Cl2N3O. The minimum absolute atomic E-state index is 0. The number of nitrogens with zero attached hydrogens (tertiary/aromatic N) is 1. The van der Waals surface area contributed by atoms with E-state index in [0.717, 1.165) is 37.3 Å². The first-order valence-electron chi connectivity index (χ1n) is 9.25. The number of hydrogen-bond acceptors (Lipinski definition) is 3. The Morgan fingerprint density at radius 2 is 1.81 bits per heavy atom. The topological polar surface area (TPSA) is 44.4 Å². The normalized spacial score (nSPS) is 16.4. The van der Waals surface area contributed by atoms with Gasteiger partial charge in [-0.15, -0.1) is 24.8 Å². The van der Waals surface area contributed by atoms with E-state index < -0.39 is 0 Å². The predicted octanol–water partition coefficient (Wildman–Crippen LogP) is 4.07. The van der Waals surface area contributed by atoms with Gasteiger partial charge in [0, 0.05) is 24.3 Å². The Morgan fingerprint density at radius 3 is 2.56 bits per heavy atom. The van der Waals surface area contributed by atoms with E-state index in [1.807, 2.05) is 24.3 Å². The molecule has 0 bridgehead atoms. The Morgan fingerprint density at radius 1 is 1.07 bits per heavy atom. The van der Waals surface area contributed by atoms with Crippen molar-refractivity contribution in [3.05, 3.63) is 65.2 Å². The largest absolute Gasteiger partial charge is 0.384 e. The maximum absolute atomic E-state index is 12.6. The SMILES string of the molecule is Cl.Cl.O=C(NCC(c1ccccc1)N1CCCC1)c1ccc2c(c1)CCN2. The highest BCUT2D eigenvalue weighted by Crippen LogP contribution is 2.25. The van der Waals surface area contributed by atoms with E-state index in [1.165, 1.54) is 24.0 Å². The number of fused-ring (bicyclic) bond motifs is 1. The van der Waals surface area contributed by atoms with Crippen LogP contribution < -0.4 is 10.6 Å². The van der Waals surface area contributed by atoms with Crippen LogP contribution in [0, 0.1) is 0 Å².